The molecule has 1 unspecified atom stereocenters. The van der Waals surface area contributed by atoms with Gasteiger partial charge in [-0.2, -0.15) is 0 Å². The van der Waals surface area contributed by atoms with Crippen LogP contribution in [0.4, 0.5) is 0 Å². The van der Waals surface area contributed by atoms with Gasteiger partial charge in [0, 0.05) is 13.1 Å². The molecule has 1 fully saturated rings. The SMILES string of the molecule is O=C(O)CC1NCCNC1=O. The maximum Gasteiger partial charge on any atom is 0.305 e. The Morgan fingerprint density at radius 3 is 2.91 bits per heavy atom. The Morgan fingerprint density at radius 2 is 2.36 bits per heavy atom. The van der Waals surface area contributed by atoms with E-state index in [0.717, 1.165) is 0 Å². The largest absolute Gasteiger partial charge is 0.481 e. The molecule has 0 aromatic carbocycles. The van der Waals surface area contributed by atoms with Gasteiger partial charge in [-0.1, -0.05) is 0 Å². The maximum absolute atomic E-state index is 10.9. The zero-order valence-electron chi connectivity index (χ0n) is 5.96. The van der Waals surface area contributed by atoms with Gasteiger partial charge in [-0.25, -0.2) is 0 Å². The highest BCUT2D eigenvalue weighted by Crippen LogP contribution is 1.94. The van der Waals surface area contributed by atoms with Crippen LogP contribution in [0.5, 0.6) is 0 Å². The van der Waals surface area contributed by atoms with Crippen LogP contribution in [0.3, 0.4) is 0 Å². The summed E-state index contributed by atoms with van der Waals surface area (Å²) >= 11 is 0. The van der Waals surface area contributed by atoms with Crippen molar-refractivity contribution in [3.05, 3.63) is 0 Å². The lowest BCUT2D eigenvalue weighted by molar-refractivity contribution is -0.140. The Kier molecular flexibility index (Phi) is 2.43. The zero-order chi connectivity index (χ0) is 8.27. The first-order valence-electron chi connectivity index (χ1n) is 3.43. The molecule has 62 valence electrons. The van der Waals surface area contributed by atoms with Crippen LogP contribution < -0.4 is 10.6 Å². The van der Waals surface area contributed by atoms with Gasteiger partial charge in [0.15, 0.2) is 0 Å². The molecule has 1 atom stereocenters. The van der Waals surface area contributed by atoms with Crippen LogP contribution in [0, 0.1) is 0 Å². The van der Waals surface area contributed by atoms with Gasteiger partial charge in [0.25, 0.3) is 0 Å². The highest BCUT2D eigenvalue weighted by Gasteiger charge is 2.23. The molecule has 1 saturated heterocycles. The first-order valence-corrected chi connectivity index (χ1v) is 3.43. The topological polar surface area (TPSA) is 78.4 Å². The molecule has 11 heavy (non-hydrogen) atoms. The van der Waals surface area contributed by atoms with E-state index >= 15 is 0 Å². The second-order valence-electron chi connectivity index (χ2n) is 2.40. The van der Waals surface area contributed by atoms with Crippen molar-refractivity contribution in [2.24, 2.45) is 0 Å². The van der Waals surface area contributed by atoms with Gasteiger partial charge in [-0.15, -0.1) is 0 Å². The van der Waals surface area contributed by atoms with Crippen LogP contribution in [0.25, 0.3) is 0 Å². The molecular weight excluding hydrogens is 148 g/mol. The summed E-state index contributed by atoms with van der Waals surface area (Å²) in [5, 5.41) is 13.7. The number of carbonyl (C=O) groups is 2. The first-order chi connectivity index (χ1) is 5.20. The number of carboxylic acids is 1. The lowest BCUT2D eigenvalue weighted by atomic mass is 10.1. The van der Waals surface area contributed by atoms with Crippen molar-refractivity contribution in [1.29, 1.82) is 0 Å². The number of hydrogen-bond donors (Lipinski definition) is 3. The second kappa shape index (κ2) is 3.34. The third-order valence-electron chi connectivity index (χ3n) is 1.51. The van der Waals surface area contributed by atoms with E-state index in [-0.39, 0.29) is 12.3 Å². The molecule has 5 heteroatoms. The summed E-state index contributed by atoms with van der Waals surface area (Å²) in [5.74, 6) is -1.18. The van der Waals surface area contributed by atoms with Crippen molar-refractivity contribution in [2.45, 2.75) is 12.5 Å². The number of carbonyl (C=O) groups excluding carboxylic acids is 1. The van der Waals surface area contributed by atoms with Crippen molar-refractivity contribution in [3.63, 3.8) is 0 Å². The Bertz CT molecular complexity index is 181. The predicted octanol–water partition coefficient (Wildman–Crippen LogP) is -1.45. The number of amides is 1. The number of hydrogen-bond acceptors (Lipinski definition) is 3. The molecule has 0 saturated carbocycles. The third-order valence-corrected chi connectivity index (χ3v) is 1.51. The monoisotopic (exact) mass is 158 g/mol. The predicted molar refractivity (Wildman–Crippen MR) is 37.1 cm³/mol. The third kappa shape index (κ3) is 2.19. The van der Waals surface area contributed by atoms with Crippen molar-refractivity contribution in [2.75, 3.05) is 13.1 Å². The summed E-state index contributed by atoms with van der Waals surface area (Å²) < 4.78 is 0. The number of piperazine rings is 1. The summed E-state index contributed by atoms with van der Waals surface area (Å²) in [6, 6.07) is -0.554. The molecule has 0 radical (unpaired) electrons. The lowest BCUT2D eigenvalue weighted by Crippen LogP contribution is -2.53. The molecule has 1 aliphatic heterocycles. The van der Waals surface area contributed by atoms with Crippen LogP contribution in [-0.2, 0) is 9.59 Å². The van der Waals surface area contributed by atoms with Crippen LogP contribution in [0.15, 0.2) is 0 Å². The van der Waals surface area contributed by atoms with Crippen molar-refractivity contribution >= 4 is 11.9 Å². The van der Waals surface area contributed by atoms with E-state index in [1.807, 2.05) is 0 Å². The van der Waals surface area contributed by atoms with E-state index in [9.17, 15) is 9.59 Å². The average Bonchev–Trinajstić information content (AvgIpc) is 1.93. The summed E-state index contributed by atoms with van der Waals surface area (Å²) in [5.41, 5.74) is 0. The maximum atomic E-state index is 10.9. The van der Waals surface area contributed by atoms with Gasteiger partial charge >= 0.3 is 5.97 Å². The molecule has 0 spiro atoms. The smallest absolute Gasteiger partial charge is 0.305 e. The molecular formula is C6H10N2O3. The molecule has 0 aromatic heterocycles. The minimum Gasteiger partial charge on any atom is -0.481 e. The molecule has 1 amide bonds. The minimum absolute atomic E-state index is 0.147. The van der Waals surface area contributed by atoms with Gasteiger partial charge in [0.2, 0.25) is 5.91 Å². The van der Waals surface area contributed by atoms with Crippen LogP contribution >= 0.6 is 0 Å². The molecule has 1 rings (SSSR count). The first kappa shape index (κ1) is 8.00. The molecule has 0 aliphatic carbocycles. The van der Waals surface area contributed by atoms with Crippen LogP contribution in [0.2, 0.25) is 0 Å². The van der Waals surface area contributed by atoms with Gasteiger partial charge in [0.05, 0.1) is 12.5 Å². The molecule has 0 bridgehead atoms. The van der Waals surface area contributed by atoms with E-state index in [1.54, 1.807) is 0 Å². The minimum atomic E-state index is -0.959. The molecule has 3 N–H and O–H groups in total. The van der Waals surface area contributed by atoms with Crippen molar-refractivity contribution in [1.82, 2.24) is 10.6 Å². The molecule has 5 nitrogen and oxygen atoms in total. The van der Waals surface area contributed by atoms with E-state index < -0.39 is 12.0 Å². The van der Waals surface area contributed by atoms with Crippen molar-refractivity contribution < 1.29 is 14.7 Å². The van der Waals surface area contributed by atoms with Crippen LogP contribution in [0.1, 0.15) is 6.42 Å². The number of rotatable bonds is 2. The number of carboxylic acid groups (broad SMARTS) is 1. The van der Waals surface area contributed by atoms with Crippen LogP contribution in [-0.4, -0.2) is 36.1 Å². The van der Waals surface area contributed by atoms with Gasteiger partial charge < -0.3 is 15.7 Å². The zero-order valence-corrected chi connectivity index (χ0v) is 5.96. The highest BCUT2D eigenvalue weighted by atomic mass is 16.4. The summed E-state index contributed by atoms with van der Waals surface area (Å²) in [6.07, 6.45) is -0.147. The Labute approximate surface area is 63.8 Å². The van der Waals surface area contributed by atoms with E-state index in [0.29, 0.717) is 13.1 Å². The second-order valence-corrected chi connectivity index (χ2v) is 2.40. The average molecular weight is 158 g/mol. The molecule has 1 aliphatic rings. The molecule has 0 aromatic rings. The Balaban J connectivity index is 2.42. The molecule has 1 heterocycles. The fourth-order valence-corrected chi connectivity index (χ4v) is 0.987. The van der Waals surface area contributed by atoms with Gasteiger partial charge in [-0.05, 0) is 0 Å². The van der Waals surface area contributed by atoms with Gasteiger partial charge in [-0.3, -0.25) is 9.59 Å². The number of aliphatic carboxylic acids is 1. The summed E-state index contributed by atoms with van der Waals surface area (Å²) in [7, 11) is 0. The van der Waals surface area contributed by atoms with E-state index in [4.69, 9.17) is 5.11 Å². The quantitative estimate of drug-likeness (QED) is 0.459. The standard InChI is InChI=1S/C6H10N2O3/c9-5(10)3-4-6(11)8-2-1-7-4/h4,7H,1-3H2,(H,8,11)(H,9,10). The van der Waals surface area contributed by atoms with E-state index in [2.05, 4.69) is 10.6 Å². The van der Waals surface area contributed by atoms with Crippen molar-refractivity contribution in [3.8, 4) is 0 Å². The normalized spacial score (nSPS) is 24.4. The number of nitrogens with one attached hydrogen (secondary N) is 2. The Hall–Kier alpha value is -1.10. The fraction of sp³-hybridized carbons (Fsp3) is 0.667. The summed E-state index contributed by atoms with van der Waals surface area (Å²) in [6.45, 7) is 1.22. The lowest BCUT2D eigenvalue weighted by Gasteiger charge is -2.21. The Morgan fingerprint density at radius 1 is 1.64 bits per heavy atom. The van der Waals surface area contributed by atoms with Gasteiger partial charge in [0.1, 0.15) is 0 Å². The van der Waals surface area contributed by atoms with E-state index in [1.165, 1.54) is 0 Å². The highest BCUT2D eigenvalue weighted by molar-refractivity contribution is 5.86. The fourth-order valence-electron chi connectivity index (χ4n) is 0.987. The summed E-state index contributed by atoms with van der Waals surface area (Å²) in [4.78, 5) is 21.1.